The van der Waals surface area contributed by atoms with Crippen LogP contribution in [0.15, 0.2) is 53.2 Å². The van der Waals surface area contributed by atoms with Crippen molar-refractivity contribution in [2.24, 2.45) is 5.92 Å². The number of hydrogen-bond acceptors (Lipinski definition) is 4. The molecule has 1 amide bonds. The largest absolute Gasteiger partial charge is 0.493 e. The van der Waals surface area contributed by atoms with Crippen LogP contribution >= 0.6 is 23.4 Å². The molecule has 0 radical (unpaired) electrons. The third-order valence-electron chi connectivity index (χ3n) is 4.93. The number of amides is 1. The highest BCUT2D eigenvalue weighted by Gasteiger charge is 2.26. The minimum Gasteiger partial charge on any atom is -0.493 e. The SMILES string of the molecule is C=C(F)/C(=C(F)\C=C(/C)Cl)N1CCC(COc2cccc3c2CSC(=O)N3)CC1. The summed E-state index contributed by atoms with van der Waals surface area (Å²) in [6.45, 7) is 6.33. The zero-order valence-electron chi connectivity index (χ0n) is 16.1. The lowest BCUT2D eigenvalue weighted by Crippen LogP contribution is -2.35. The van der Waals surface area contributed by atoms with E-state index < -0.39 is 11.7 Å². The molecule has 0 bridgehead atoms. The fourth-order valence-corrected chi connectivity index (χ4v) is 4.33. The number of benzene rings is 1. The Morgan fingerprint density at radius 3 is 2.79 bits per heavy atom. The van der Waals surface area contributed by atoms with Gasteiger partial charge in [0.15, 0.2) is 5.83 Å². The zero-order chi connectivity index (χ0) is 21.0. The minimum atomic E-state index is -0.804. The lowest BCUT2D eigenvalue weighted by atomic mass is 9.97. The molecule has 2 aliphatic heterocycles. The molecule has 0 unspecified atom stereocenters. The molecule has 1 aromatic rings. The number of fused-ring (bicyclic) bond motifs is 1. The van der Waals surface area contributed by atoms with Gasteiger partial charge in [0.05, 0.1) is 6.61 Å². The lowest BCUT2D eigenvalue weighted by molar-refractivity contribution is 0.160. The average molecular weight is 441 g/mol. The fourth-order valence-electron chi connectivity index (χ4n) is 3.48. The third-order valence-corrected chi connectivity index (χ3v) is 5.84. The molecule has 0 aliphatic carbocycles. The van der Waals surface area contributed by atoms with Gasteiger partial charge in [-0.1, -0.05) is 36.0 Å². The van der Waals surface area contributed by atoms with Crippen molar-refractivity contribution in [1.82, 2.24) is 4.90 Å². The van der Waals surface area contributed by atoms with Crippen LogP contribution in [-0.4, -0.2) is 29.8 Å². The minimum absolute atomic E-state index is 0.0632. The van der Waals surface area contributed by atoms with Crippen LogP contribution in [0.4, 0.5) is 19.3 Å². The number of likely N-dealkylation sites (tertiary alicyclic amines) is 1. The van der Waals surface area contributed by atoms with Gasteiger partial charge in [-0.15, -0.1) is 0 Å². The standard InChI is InChI=1S/C21H23ClF2N2O2S/c1-13(22)10-17(24)20(14(2)23)26-8-6-15(7-9-26)11-28-19-5-3-4-18-16(19)12-29-21(27)25-18/h3-5,10,15H,2,6-9,11-12H2,1H3,(H,25,27)/b13-10+,20-17-. The molecular formula is C21H23ClF2N2O2S. The Morgan fingerprint density at radius 2 is 2.14 bits per heavy atom. The second-order valence-electron chi connectivity index (χ2n) is 7.06. The molecule has 2 heterocycles. The molecule has 1 aromatic carbocycles. The number of halogens is 3. The maximum Gasteiger partial charge on any atom is 0.283 e. The molecular weight excluding hydrogens is 418 g/mol. The Balaban J connectivity index is 1.60. The highest BCUT2D eigenvalue weighted by atomic mass is 35.5. The molecule has 8 heteroatoms. The first-order chi connectivity index (χ1) is 13.8. The number of hydrogen-bond donors (Lipinski definition) is 1. The molecule has 0 saturated carbocycles. The van der Waals surface area contributed by atoms with Crippen molar-refractivity contribution in [2.75, 3.05) is 25.0 Å². The molecule has 3 rings (SSSR count). The fraction of sp³-hybridized carbons (Fsp3) is 0.381. The van der Waals surface area contributed by atoms with E-state index in [-0.39, 0.29) is 21.9 Å². The Hall–Kier alpha value is -1.99. The summed E-state index contributed by atoms with van der Waals surface area (Å²) in [4.78, 5) is 13.2. The Morgan fingerprint density at radius 1 is 1.41 bits per heavy atom. The summed E-state index contributed by atoms with van der Waals surface area (Å²) in [6, 6.07) is 5.61. The Kier molecular flexibility index (Phi) is 7.24. The smallest absolute Gasteiger partial charge is 0.283 e. The van der Waals surface area contributed by atoms with Crippen LogP contribution in [0.5, 0.6) is 5.75 Å². The first-order valence-corrected chi connectivity index (χ1v) is 10.7. The summed E-state index contributed by atoms with van der Waals surface area (Å²) in [6.07, 6.45) is 2.59. The van der Waals surface area contributed by atoms with E-state index in [2.05, 4.69) is 11.9 Å². The second-order valence-corrected chi connectivity index (χ2v) is 8.60. The number of carbonyl (C=O) groups excluding carboxylic acids is 1. The van der Waals surface area contributed by atoms with Crippen LogP contribution in [0.25, 0.3) is 0 Å². The average Bonchev–Trinajstić information content (AvgIpc) is 2.66. The molecule has 1 saturated heterocycles. The highest BCUT2D eigenvalue weighted by Crippen LogP contribution is 2.36. The zero-order valence-corrected chi connectivity index (χ0v) is 17.7. The van der Waals surface area contributed by atoms with Gasteiger partial charge < -0.3 is 15.0 Å². The molecule has 0 aromatic heterocycles. The summed E-state index contributed by atoms with van der Waals surface area (Å²) in [7, 11) is 0. The van der Waals surface area contributed by atoms with Gasteiger partial charge in [-0.05, 0) is 43.9 Å². The molecule has 29 heavy (non-hydrogen) atoms. The van der Waals surface area contributed by atoms with Crippen LogP contribution < -0.4 is 10.1 Å². The van der Waals surface area contributed by atoms with E-state index in [0.29, 0.717) is 25.4 Å². The van der Waals surface area contributed by atoms with E-state index in [4.69, 9.17) is 16.3 Å². The van der Waals surface area contributed by atoms with E-state index in [0.717, 1.165) is 35.9 Å². The van der Waals surface area contributed by atoms with Crippen molar-refractivity contribution in [1.29, 1.82) is 0 Å². The number of nitrogens with zero attached hydrogens (tertiary/aromatic N) is 1. The summed E-state index contributed by atoms with van der Waals surface area (Å²) in [5, 5.41) is 3.01. The molecule has 0 atom stereocenters. The summed E-state index contributed by atoms with van der Waals surface area (Å²) in [5.74, 6) is 0.103. The van der Waals surface area contributed by atoms with Crippen LogP contribution in [0.1, 0.15) is 25.3 Å². The number of carbonyl (C=O) groups is 1. The molecule has 2 aliphatic rings. The number of nitrogens with one attached hydrogen (secondary N) is 1. The third kappa shape index (κ3) is 5.54. The second kappa shape index (κ2) is 9.67. The van der Waals surface area contributed by atoms with Gasteiger partial charge in [-0.3, -0.25) is 4.79 Å². The van der Waals surface area contributed by atoms with E-state index >= 15 is 0 Å². The maximum absolute atomic E-state index is 14.3. The molecule has 4 nitrogen and oxygen atoms in total. The van der Waals surface area contributed by atoms with E-state index in [1.54, 1.807) is 4.90 Å². The summed E-state index contributed by atoms with van der Waals surface area (Å²) in [5.41, 5.74) is 1.64. The number of thioether (sulfide) groups is 1. The van der Waals surface area contributed by atoms with Gasteiger partial charge in [0.2, 0.25) is 0 Å². The predicted octanol–water partition coefficient (Wildman–Crippen LogP) is 6.36. The van der Waals surface area contributed by atoms with Crippen LogP contribution in [0, 0.1) is 5.92 Å². The van der Waals surface area contributed by atoms with Crippen LogP contribution in [0.3, 0.4) is 0 Å². The summed E-state index contributed by atoms with van der Waals surface area (Å²) < 4.78 is 34.2. The first kappa shape index (κ1) is 21.7. The van der Waals surface area contributed by atoms with E-state index in [9.17, 15) is 13.6 Å². The van der Waals surface area contributed by atoms with Gasteiger partial charge in [-0.2, -0.15) is 0 Å². The number of anilines is 1. The number of allylic oxidation sites excluding steroid dienone is 4. The maximum atomic E-state index is 14.3. The Labute approximate surface area is 178 Å². The molecule has 156 valence electrons. The number of ether oxygens (including phenoxy) is 1. The van der Waals surface area contributed by atoms with Crippen molar-refractivity contribution in [3.05, 3.63) is 58.8 Å². The normalized spacial score (nSPS) is 18.7. The van der Waals surface area contributed by atoms with Gasteiger partial charge in [0, 0.05) is 35.1 Å². The topological polar surface area (TPSA) is 41.6 Å². The van der Waals surface area contributed by atoms with E-state index in [1.165, 1.54) is 18.7 Å². The number of rotatable bonds is 6. The van der Waals surface area contributed by atoms with Crippen molar-refractivity contribution in [3.8, 4) is 5.75 Å². The Bertz CT molecular complexity index is 860. The van der Waals surface area contributed by atoms with E-state index in [1.807, 2.05) is 18.2 Å². The first-order valence-electron chi connectivity index (χ1n) is 9.37. The monoisotopic (exact) mass is 440 g/mol. The number of piperidine rings is 1. The van der Waals surface area contributed by atoms with Crippen molar-refractivity contribution >= 4 is 34.3 Å². The van der Waals surface area contributed by atoms with Gasteiger partial charge in [0.1, 0.15) is 17.3 Å². The highest BCUT2D eigenvalue weighted by molar-refractivity contribution is 8.13. The lowest BCUT2D eigenvalue weighted by Gasteiger charge is -2.34. The van der Waals surface area contributed by atoms with Gasteiger partial charge in [0.25, 0.3) is 5.24 Å². The summed E-state index contributed by atoms with van der Waals surface area (Å²) >= 11 is 6.93. The van der Waals surface area contributed by atoms with Crippen LogP contribution in [-0.2, 0) is 5.75 Å². The predicted molar refractivity (Wildman–Crippen MR) is 115 cm³/mol. The van der Waals surface area contributed by atoms with Crippen LogP contribution in [0.2, 0.25) is 0 Å². The van der Waals surface area contributed by atoms with Crippen molar-refractivity contribution < 1.29 is 18.3 Å². The van der Waals surface area contributed by atoms with Gasteiger partial charge in [-0.25, -0.2) is 8.78 Å². The molecule has 1 N–H and O–H groups in total. The quantitative estimate of drug-likeness (QED) is 0.522. The molecule has 1 fully saturated rings. The van der Waals surface area contributed by atoms with Crippen molar-refractivity contribution in [2.45, 2.75) is 25.5 Å². The molecule has 0 spiro atoms. The van der Waals surface area contributed by atoms with Crippen molar-refractivity contribution in [3.63, 3.8) is 0 Å². The van der Waals surface area contributed by atoms with Gasteiger partial charge >= 0.3 is 0 Å².